The smallest absolute Gasteiger partial charge is 0.162 e. The molecule has 0 radical (unpaired) electrons. The third-order valence-corrected chi connectivity index (χ3v) is 0.555. The van der Waals surface area contributed by atoms with Gasteiger partial charge in [0.1, 0.15) is 6.67 Å². The van der Waals surface area contributed by atoms with E-state index in [0.717, 1.165) is 0 Å². The number of nitrogens with two attached hydrogens (primary N) is 1. The van der Waals surface area contributed by atoms with Gasteiger partial charge in [0, 0.05) is 0 Å². The SMILES string of the molecule is NCn1ncnn1. The van der Waals surface area contributed by atoms with Crippen LogP contribution in [0.3, 0.4) is 0 Å². The van der Waals surface area contributed by atoms with Crippen LogP contribution in [0, 0.1) is 0 Å². The summed E-state index contributed by atoms with van der Waals surface area (Å²) < 4.78 is 0. The zero-order valence-corrected chi connectivity index (χ0v) is 3.65. The van der Waals surface area contributed by atoms with Gasteiger partial charge in [0.15, 0.2) is 6.33 Å². The molecule has 0 spiro atoms. The van der Waals surface area contributed by atoms with Crippen molar-refractivity contribution in [1.82, 2.24) is 20.2 Å². The van der Waals surface area contributed by atoms with Gasteiger partial charge < -0.3 is 5.73 Å². The third-order valence-electron chi connectivity index (χ3n) is 0.555. The Hall–Kier alpha value is -0.970. The number of hydrogen-bond donors (Lipinski definition) is 1. The van der Waals surface area contributed by atoms with Crippen molar-refractivity contribution < 1.29 is 0 Å². The Morgan fingerprint density at radius 3 is 2.86 bits per heavy atom. The first-order valence-corrected chi connectivity index (χ1v) is 1.84. The van der Waals surface area contributed by atoms with E-state index in [9.17, 15) is 0 Å². The molecule has 0 fully saturated rings. The van der Waals surface area contributed by atoms with Crippen molar-refractivity contribution in [3.63, 3.8) is 0 Å². The van der Waals surface area contributed by atoms with Gasteiger partial charge in [-0.25, -0.2) is 0 Å². The second-order valence-corrected chi connectivity index (χ2v) is 0.991. The van der Waals surface area contributed by atoms with Gasteiger partial charge in [-0.3, -0.25) is 0 Å². The average molecular weight is 99.1 g/mol. The van der Waals surface area contributed by atoms with Crippen LogP contribution in [0.4, 0.5) is 0 Å². The molecule has 38 valence electrons. The second-order valence-electron chi connectivity index (χ2n) is 0.991. The molecular weight excluding hydrogens is 94.1 g/mol. The second kappa shape index (κ2) is 1.65. The van der Waals surface area contributed by atoms with E-state index in [-0.39, 0.29) is 0 Å². The van der Waals surface area contributed by atoms with Gasteiger partial charge in [-0.2, -0.15) is 4.80 Å². The lowest BCUT2D eigenvalue weighted by Gasteiger charge is -1.83. The molecule has 5 nitrogen and oxygen atoms in total. The van der Waals surface area contributed by atoms with Crippen LogP contribution < -0.4 is 5.73 Å². The highest BCUT2D eigenvalue weighted by Gasteiger charge is 1.80. The molecule has 1 rings (SSSR count). The Labute approximate surface area is 40.1 Å². The van der Waals surface area contributed by atoms with Crippen LogP contribution in [0.25, 0.3) is 0 Å². The molecule has 0 saturated carbocycles. The highest BCUT2D eigenvalue weighted by atomic mass is 15.6. The largest absolute Gasteiger partial charge is 0.311 e. The predicted molar refractivity (Wildman–Crippen MR) is 22.0 cm³/mol. The molecule has 0 aliphatic heterocycles. The van der Waals surface area contributed by atoms with E-state index in [1.54, 1.807) is 0 Å². The van der Waals surface area contributed by atoms with Crippen molar-refractivity contribution >= 4 is 0 Å². The summed E-state index contributed by atoms with van der Waals surface area (Å²) in [5, 5.41) is 10.5. The molecule has 0 aliphatic carbocycles. The molecule has 0 aliphatic rings. The van der Waals surface area contributed by atoms with E-state index in [2.05, 4.69) is 15.4 Å². The number of nitrogens with zero attached hydrogens (tertiary/aromatic N) is 4. The fourth-order valence-corrected chi connectivity index (χ4v) is 0.272. The van der Waals surface area contributed by atoms with E-state index in [4.69, 9.17) is 5.73 Å². The van der Waals surface area contributed by atoms with E-state index >= 15 is 0 Å². The minimum Gasteiger partial charge on any atom is -0.311 e. The van der Waals surface area contributed by atoms with Crippen LogP contribution in [0.5, 0.6) is 0 Å². The topological polar surface area (TPSA) is 69.6 Å². The zero-order valence-electron chi connectivity index (χ0n) is 3.65. The molecule has 0 atom stereocenters. The molecule has 1 heterocycles. The van der Waals surface area contributed by atoms with Crippen molar-refractivity contribution in [2.75, 3.05) is 0 Å². The van der Waals surface area contributed by atoms with Crippen molar-refractivity contribution in [2.45, 2.75) is 6.67 Å². The average Bonchev–Trinajstić information content (AvgIpc) is 2.14. The van der Waals surface area contributed by atoms with E-state index in [1.807, 2.05) is 0 Å². The van der Waals surface area contributed by atoms with Gasteiger partial charge >= 0.3 is 0 Å². The predicted octanol–water partition coefficient (Wildman–Crippen LogP) is -1.41. The summed E-state index contributed by atoms with van der Waals surface area (Å²) in [6.07, 6.45) is 1.34. The van der Waals surface area contributed by atoms with Gasteiger partial charge in [-0.05, 0) is 5.21 Å². The van der Waals surface area contributed by atoms with Crippen molar-refractivity contribution in [1.29, 1.82) is 0 Å². The Morgan fingerprint density at radius 2 is 2.57 bits per heavy atom. The quantitative estimate of drug-likeness (QED) is 0.469. The van der Waals surface area contributed by atoms with Crippen LogP contribution in [0.15, 0.2) is 6.33 Å². The summed E-state index contributed by atoms with van der Waals surface area (Å²) in [6.45, 7) is 0.292. The summed E-state index contributed by atoms with van der Waals surface area (Å²) in [6, 6.07) is 0. The van der Waals surface area contributed by atoms with Crippen molar-refractivity contribution in [3.8, 4) is 0 Å². The maximum absolute atomic E-state index is 5.09. The van der Waals surface area contributed by atoms with Gasteiger partial charge in [0.05, 0.1) is 0 Å². The van der Waals surface area contributed by atoms with Crippen LogP contribution >= 0.6 is 0 Å². The Morgan fingerprint density at radius 1 is 1.71 bits per heavy atom. The molecule has 7 heavy (non-hydrogen) atoms. The van der Waals surface area contributed by atoms with Gasteiger partial charge in [0.25, 0.3) is 0 Å². The van der Waals surface area contributed by atoms with Crippen molar-refractivity contribution in [3.05, 3.63) is 6.33 Å². The van der Waals surface area contributed by atoms with Gasteiger partial charge in [-0.1, -0.05) is 0 Å². The number of rotatable bonds is 1. The Bertz CT molecular complexity index is 121. The molecule has 0 saturated heterocycles. The minimum atomic E-state index is 0.292. The normalized spacial score (nSPS) is 9.29. The van der Waals surface area contributed by atoms with Crippen LogP contribution in [0.1, 0.15) is 0 Å². The third kappa shape index (κ3) is 0.716. The van der Waals surface area contributed by atoms with Crippen LogP contribution in [-0.2, 0) is 6.67 Å². The van der Waals surface area contributed by atoms with Crippen LogP contribution in [-0.4, -0.2) is 20.2 Å². The Kier molecular flexibility index (Phi) is 0.991. The molecule has 0 bridgehead atoms. The molecule has 5 heteroatoms. The molecule has 0 unspecified atom stereocenters. The summed E-state index contributed by atoms with van der Waals surface area (Å²) in [4.78, 5) is 1.29. The summed E-state index contributed by atoms with van der Waals surface area (Å²) in [5.41, 5.74) is 5.09. The molecule has 1 aromatic rings. The highest BCUT2D eigenvalue weighted by molar-refractivity contribution is 4.33. The first kappa shape index (κ1) is 4.20. The van der Waals surface area contributed by atoms with Gasteiger partial charge in [-0.15, -0.1) is 10.2 Å². The zero-order chi connectivity index (χ0) is 5.11. The highest BCUT2D eigenvalue weighted by Crippen LogP contribution is 1.62. The molecule has 0 aromatic carbocycles. The molecule has 0 amide bonds. The summed E-state index contributed by atoms with van der Waals surface area (Å²) in [7, 11) is 0. The first-order valence-electron chi connectivity index (χ1n) is 1.84. The first-order chi connectivity index (χ1) is 3.43. The monoisotopic (exact) mass is 99.1 g/mol. The maximum Gasteiger partial charge on any atom is 0.162 e. The summed E-state index contributed by atoms with van der Waals surface area (Å²) >= 11 is 0. The lowest BCUT2D eigenvalue weighted by atomic mass is 11.2. The van der Waals surface area contributed by atoms with E-state index in [0.29, 0.717) is 6.67 Å². The van der Waals surface area contributed by atoms with Crippen molar-refractivity contribution in [2.24, 2.45) is 5.73 Å². The number of hydrogen-bond acceptors (Lipinski definition) is 4. The number of aromatic nitrogens is 4. The molecular formula is C2H5N5. The lowest BCUT2D eigenvalue weighted by molar-refractivity contribution is 0.537. The fraction of sp³-hybridized carbons (Fsp3) is 0.500. The van der Waals surface area contributed by atoms with Crippen LogP contribution in [0.2, 0.25) is 0 Å². The van der Waals surface area contributed by atoms with E-state index in [1.165, 1.54) is 11.1 Å². The molecule has 2 N–H and O–H groups in total. The minimum absolute atomic E-state index is 0.292. The maximum atomic E-state index is 5.09. The Balaban J connectivity index is 2.76. The fourth-order valence-electron chi connectivity index (χ4n) is 0.272. The standard InChI is InChI=1S/C2H5N5/c3-1-7-5-2-4-6-7/h2H,1,3H2. The lowest BCUT2D eigenvalue weighted by Crippen LogP contribution is -2.09. The molecule has 1 aromatic heterocycles. The summed E-state index contributed by atoms with van der Waals surface area (Å²) in [5.74, 6) is 0. The van der Waals surface area contributed by atoms with Gasteiger partial charge in [0.2, 0.25) is 0 Å². The van der Waals surface area contributed by atoms with E-state index < -0.39 is 0 Å². The number of tetrazole rings is 1.